The first-order chi connectivity index (χ1) is 7.85. The number of nitrogens with two attached hydrogens (primary N) is 1. The van der Waals surface area contributed by atoms with Crippen LogP contribution in [0, 0.1) is 0 Å². The molecule has 2 heteroatoms. The minimum atomic E-state index is 0.523. The van der Waals surface area contributed by atoms with Crippen LogP contribution in [0.3, 0.4) is 0 Å². The summed E-state index contributed by atoms with van der Waals surface area (Å²) in [5.41, 5.74) is 8.70. The van der Waals surface area contributed by atoms with E-state index < -0.39 is 0 Å². The van der Waals surface area contributed by atoms with Gasteiger partial charge in [-0.2, -0.15) is 0 Å². The second-order valence-electron chi connectivity index (χ2n) is 4.70. The molecule has 2 unspecified atom stereocenters. The second-order valence-corrected chi connectivity index (χ2v) is 4.70. The van der Waals surface area contributed by atoms with Crippen molar-refractivity contribution in [1.29, 1.82) is 0 Å². The molecule has 0 spiro atoms. The van der Waals surface area contributed by atoms with Crippen molar-refractivity contribution < 1.29 is 0 Å². The van der Waals surface area contributed by atoms with Gasteiger partial charge in [-0.1, -0.05) is 31.2 Å². The molecule has 0 saturated carbocycles. The molecule has 1 heterocycles. The summed E-state index contributed by atoms with van der Waals surface area (Å²) >= 11 is 0. The van der Waals surface area contributed by atoms with E-state index in [-0.39, 0.29) is 0 Å². The Labute approximate surface area is 98.2 Å². The van der Waals surface area contributed by atoms with Crippen molar-refractivity contribution in [2.24, 2.45) is 5.73 Å². The van der Waals surface area contributed by atoms with Crippen LogP contribution in [0.2, 0.25) is 0 Å². The van der Waals surface area contributed by atoms with Crippen molar-refractivity contribution >= 4 is 0 Å². The van der Waals surface area contributed by atoms with Gasteiger partial charge < -0.3 is 11.1 Å². The zero-order chi connectivity index (χ0) is 11.4. The molecule has 1 aromatic carbocycles. The predicted molar refractivity (Wildman–Crippen MR) is 68.8 cm³/mol. The number of hydrogen-bond donors (Lipinski definition) is 2. The SMILES string of the molecule is CCC(CN)c1cccc(C2CCNC2)c1. The van der Waals surface area contributed by atoms with Crippen LogP contribution in [0.5, 0.6) is 0 Å². The lowest BCUT2D eigenvalue weighted by molar-refractivity contribution is 0.670. The summed E-state index contributed by atoms with van der Waals surface area (Å²) in [7, 11) is 0. The third kappa shape index (κ3) is 2.45. The van der Waals surface area contributed by atoms with Crippen molar-refractivity contribution in [2.75, 3.05) is 19.6 Å². The molecular weight excluding hydrogens is 196 g/mol. The van der Waals surface area contributed by atoms with Crippen molar-refractivity contribution in [3.63, 3.8) is 0 Å². The van der Waals surface area contributed by atoms with Crippen molar-refractivity contribution in [2.45, 2.75) is 31.6 Å². The van der Waals surface area contributed by atoms with Crippen LogP contribution in [0.1, 0.15) is 42.7 Å². The lowest BCUT2D eigenvalue weighted by Gasteiger charge is -2.16. The van der Waals surface area contributed by atoms with Gasteiger partial charge >= 0.3 is 0 Å². The zero-order valence-electron chi connectivity index (χ0n) is 10.1. The Morgan fingerprint density at radius 3 is 3.00 bits per heavy atom. The minimum Gasteiger partial charge on any atom is -0.330 e. The quantitative estimate of drug-likeness (QED) is 0.813. The van der Waals surface area contributed by atoms with Crippen molar-refractivity contribution in [1.82, 2.24) is 5.32 Å². The van der Waals surface area contributed by atoms with E-state index in [1.165, 1.54) is 17.5 Å². The molecule has 1 aliphatic rings. The molecular formula is C14H22N2. The molecule has 0 radical (unpaired) electrons. The maximum absolute atomic E-state index is 5.81. The number of nitrogens with one attached hydrogen (secondary N) is 1. The van der Waals surface area contributed by atoms with E-state index in [2.05, 4.69) is 36.5 Å². The fourth-order valence-electron chi connectivity index (χ4n) is 2.54. The first kappa shape index (κ1) is 11.6. The first-order valence-electron chi connectivity index (χ1n) is 6.35. The fourth-order valence-corrected chi connectivity index (χ4v) is 2.54. The van der Waals surface area contributed by atoms with Gasteiger partial charge in [-0.15, -0.1) is 0 Å². The summed E-state index contributed by atoms with van der Waals surface area (Å²) in [6.45, 7) is 5.25. The van der Waals surface area contributed by atoms with E-state index in [9.17, 15) is 0 Å². The summed E-state index contributed by atoms with van der Waals surface area (Å²) in [4.78, 5) is 0. The highest BCUT2D eigenvalue weighted by Gasteiger charge is 2.17. The summed E-state index contributed by atoms with van der Waals surface area (Å²) in [6.07, 6.45) is 2.39. The fraction of sp³-hybridized carbons (Fsp3) is 0.571. The van der Waals surface area contributed by atoms with Gasteiger partial charge in [0.2, 0.25) is 0 Å². The highest BCUT2D eigenvalue weighted by molar-refractivity contribution is 5.30. The second kappa shape index (κ2) is 5.46. The molecule has 16 heavy (non-hydrogen) atoms. The summed E-state index contributed by atoms with van der Waals surface area (Å²) < 4.78 is 0. The van der Waals surface area contributed by atoms with E-state index in [0.717, 1.165) is 26.1 Å². The van der Waals surface area contributed by atoms with Crippen LogP contribution in [-0.4, -0.2) is 19.6 Å². The lowest BCUT2D eigenvalue weighted by atomic mass is 9.91. The molecule has 3 N–H and O–H groups in total. The molecule has 2 rings (SSSR count). The van der Waals surface area contributed by atoms with Crippen LogP contribution >= 0.6 is 0 Å². The van der Waals surface area contributed by atoms with Gasteiger partial charge in [0.05, 0.1) is 0 Å². The van der Waals surface area contributed by atoms with Gasteiger partial charge in [0.25, 0.3) is 0 Å². The average molecular weight is 218 g/mol. The zero-order valence-corrected chi connectivity index (χ0v) is 10.1. The smallest absolute Gasteiger partial charge is 0.00206 e. The summed E-state index contributed by atoms with van der Waals surface area (Å²) in [5.74, 6) is 1.23. The van der Waals surface area contributed by atoms with Crippen LogP contribution in [0.25, 0.3) is 0 Å². The summed E-state index contributed by atoms with van der Waals surface area (Å²) in [5, 5.41) is 3.42. The van der Waals surface area contributed by atoms with Crippen LogP contribution in [0.4, 0.5) is 0 Å². The van der Waals surface area contributed by atoms with Gasteiger partial charge in [0.15, 0.2) is 0 Å². The van der Waals surface area contributed by atoms with E-state index in [1.54, 1.807) is 0 Å². The maximum atomic E-state index is 5.81. The standard InChI is InChI=1S/C14H22N2/c1-2-11(9-15)12-4-3-5-13(8-12)14-6-7-16-10-14/h3-5,8,11,14,16H,2,6-7,9-10,15H2,1H3. The largest absolute Gasteiger partial charge is 0.330 e. The van der Waals surface area contributed by atoms with Gasteiger partial charge in [-0.25, -0.2) is 0 Å². The van der Waals surface area contributed by atoms with Crippen molar-refractivity contribution in [3.8, 4) is 0 Å². The highest BCUT2D eigenvalue weighted by atomic mass is 14.9. The van der Waals surface area contributed by atoms with Crippen LogP contribution in [0.15, 0.2) is 24.3 Å². The molecule has 2 nitrogen and oxygen atoms in total. The third-order valence-corrected chi connectivity index (χ3v) is 3.69. The van der Waals surface area contributed by atoms with Crippen LogP contribution in [-0.2, 0) is 0 Å². The molecule has 88 valence electrons. The number of rotatable bonds is 4. The highest BCUT2D eigenvalue weighted by Crippen LogP contribution is 2.26. The maximum Gasteiger partial charge on any atom is 0.00206 e. The molecule has 2 atom stereocenters. The summed E-state index contributed by atoms with van der Waals surface area (Å²) in [6, 6.07) is 9.01. The Kier molecular flexibility index (Phi) is 3.97. The third-order valence-electron chi connectivity index (χ3n) is 3.69. The molecule has 1 aromatic rings. The van der Waals surface area contributed by atoms with Gasteiger partial charge in [0.1, 0.15) is 0 Å². The predicted octanol–water partition coefficient (Wildman–Crippen LogP) is 2.22. The Morgan fingerprint density at radius 1 is 1.50 bits per heavy atom. The van der Waals surface area contributed by atoms with Crippen molar-refractivity contribution in [3.05, 3.63) is 35.4 Å². The van der Waals surface area contributed by atoms with Gasteiger partial charge in [-0.3, -0.25) is 0 Å². The van der Waals surface area contributed by atoms with E-state index in [4.69, 9.17) is 5.73 Å². The normalized spacial score (nSPS) is 22.2. The molecule has 1 saturated heterocycles. The number of hydrogen-bond acceptors (Lipinski definition) is 2. The molecule has 0 amide bonds. The molecule has 1 aliphatic heterocycles. The molecule has 0 bridgehead atoms. The van der Waals surface area contributed by atoms with E-state index in [0.29, 0.717) is 11.8 Å². The topological polar surface area (TPSA) is 38.0 Å². The molecule has 0 aliphatic carbocycles. The molecule has 1 fully saturated rings. The first-order valence-corrected chi connectivity index (χ1v) is 6.35. The van der Waals surface area contributed by atoms with Gasteiger partial charge in [-0.05, 0) is 48.9 Å². The Morgan fingerprint density at radius 2 is 2.38 bits per heavy atom. The van der Waals surface area contributed by atoms with Crippen LogP contribution < -0.4 is 11.1 Å². The molecule has 0 aromatic heterocycles. The van der Waals surface area contributed by atoms with E-state index in [1.807, 2.05) is 0 Å². The van der Waals surface area contributed by atoms with E-state index >= 15 is 0 Å². The Balaban J connectivity index is 2.18. The lowest BCUT2D eigenvalue weighted by Crippen LogP contribution is -2.12. The Hall–Kier alpha value is -0.860. The monoisotopic (exact) mass is 218 g/mol. The minimum absolute atomic E-state index is 0.523. The number of benzene rings is 1. The Bertz CT molecular complexity index is 308. The van der Waals surface area contributed by atoms with Gasteiger partial charge in [0, 0.05) is 6.54 Å². The average Bonchev–Trinajstić information content (AvgIpc) is 2.85.